The molecule has 5 heteroatoms. The van der Waals surface area contributed by atoms with Crippen LogP contribution < -0.4 is 0 Å². The molecule has 0 saturated heterocycles. The molecule has 0 fully saturated rings. The minimum atomic E-state index is 1.19. The molecule has 0 atom stereocenters. The molecule has 1 rings (SSSR count). The van der Waals surface area contributed by atoms with Crippen molar-refractivity contribution in [2.24, 2.45) is 0 Å². The van der Waals surface area contributed by atoms with Gasteiger partial charge in [0.1, 0.15) is 0 Å². The SMILES string of the molecule is [C]=O.[C]=O.[C]=O.[C]=O.[Nb][C]1=CC=CC1. The molecule has 0 bridgehead atoms. The zero-order valence-electron chi connectivity index (χ0n) is 7.02. The van der Waals surface area contributed by atoms with Crippen LogP contribution in [0.25, 0.3) is 0 Å². The van der Waals surface area contributed by atoms with Crippen LogP contribution in [0.5, 0.6) is 0 Å². The van der Waals surface area contributed by atoms with Crippen molar-refractivity contribution in [3.8, 4) is 0 Å². The molecule has 0 aromatic carbocycles. The summed E-state index contributed by atoms with van der Waals surface area (Å²) in [5.41, 5.74) is 0. The zero-order chi connectivity index (χ0) is 12.4. The van der Waals surface area contributed by atoms with Gasteiger partial charge in [0.05, 0.1) is 0 Å². The van der Waals surface area contributed by atoms with Crippen LogP contribution in [0.2, 0.25) is 0 Å². The molecule has 14 heavy (non-hydrogen) atoms. The van der Waals surface area contributed by atoms with E-state index in [2.05, 4.69) is 45.4 Å². The van der Waals surface area contributed by atoms with Gasteiger partial charge in [0, 0.05) is 0 Å². The topological polar surface area (TPSA) is 68.3 Å². The van der Waals surface area contributed by atoms with Crippen LogP contribution in [0.4, 0.5) is 0 Å². The molecule has 0 unspecified atom stereocenters. The Kier molecular flexibility index (Phi) is 66.9. The van der Waals surface area contributed by atoms with E-state index in [-0.39, 0.29) is 0 Å². The van der Waals surface area contributed by atoms with Crippen LogP contribution in [0.1, 0.15) is 6.42 Å². The maximum absolute atomic E-state index is 7.50. The number of carbonyl (C=O) groups excluding carboxylic acids is 4. The van der Waals surface area contributed by atoms with Gasteiger partial charge in [0.25, 0.3) is 27.2 Å². The Labute approximate surface area is 96.0 Å². The summed E-state index contributed by atoms with van der Waals surface area (Å²) < 4.78 is 1.52. The first-order valence-electron chi connectivity index (χ1n) is 2.76. The Morgan fingerprint density at radius 2 is 1.29 bits per heavy atom. The molecule has 8 radical (unpaired) electrons. The molecular weight excluding hydrogens is 265 g/mol. The monoisotopic (exact) mass is 270 g/mol. The standard InChI is InChI=1S/C5H5.4CO.Nb/c1-2-4-5-3-1;4*1-2;/h1-3H,4H2;;;;;. The second-order valence-corrected chi connectivity index (χ2v) is 2.70. The predicted molar refractivity (Wildman–Crippen MR) is 44.6 cm³/mol. The Morgan fingerprint density at radius 3 is 1.36 bits per heavy atom. The molecule has 0 aromatic rings. The van der Waals surface area contributed by atoms with Gasteiger partial charge >= 0.3 is 49.5 Å². The van der Waals surface area contributed by atoms with Crippen molar-refractivity contribution in [1.82, 2.24) is 0 Å². The van der Waals surface area contributed by atoms with E-state index in [1.54, 1.807) is 0 Å². The molecule has 0 saturated carbocycles. The van der Waals surface area contributed by atoms with E-state index in [0.717, 1.165) is 0 Å². The summed E-state index contributed by atoms with van der Waals surface area (Å²) in [4.78, 5) is 30.0. The summed E-state index contributed by atoms with van der Waals surface area (Å²) in [7, 11) is 0. The number of hydrogen-bond acceptors (Lipinski definition) is 4. The van der Waals surface area contributed by atoms with Crippen LogP contribution in [0.3, 0.4) is 0 Å². The van der Waals surface area contributed by atoms with Crippen LogP contribution >= 0.6 is 0 Å². The van der Waals surface area contributed by atoms with E-state index in [1.165, 1.54) is 10.2 Å². The summed E-state index contributed by atoms with van der Waals surface area (Å²) in [5, 5.41) is 0. The third-order valence-corrected chi connectivity index (χ3v) is 1.57. The van der Waals surface area contributed by atoms with E-state index < -0.39 is 0 Å². The summed E-state index contributed by atoms with van der Waals surface area (Å²) in [6.07, 6.45) is 7.63. The van der Waals surface area contributed by atoms with Gasteiger partial charge in [-0.15, -0.1) is 0 Å². The second kappa shape index (κ2) is 40.6. The molecular formula is C9H5NbO4. The van der Waals surface area contributed by atoms with E-state index in [1.807, 2.05) is 21.1 Å². The molecule has 0 aliphatic heterocycles. The maximum atomic E-state index is 7.50. The molecule has 0 heterocycles. The summed E-state index contributed by atoms with van der Waals surface area (Å²) in [6, 6.07) is 0. The van der Waals surface area contributed by atoms with Gasteiger partial charge in [-0.25, -0.2) is 0 Å². The van der Waals surface area contributed by atoms with Crippen molar-refractivity contribution in [2.45, 2.75) is 6.42 Å². The van der Waals surface area contributed by atoms with Crippen molar-refractivity contribution >= 4 is 27.2 Å². The van der Waals surface area contributed by atoms with Crippen molar-refractivity contribution in [3.63, 3.8) is 0 Å². The quantitative estimate of drug-likeness (QED) is 0.571. The molecule has 0 aromatic heterocycles. The van der Waals surface area contributed by atoms with Crippen LogP contribution in [0, 0.1) is 0 Å². The fourth-order valence-corrected chi connectivity index (χ4v) is 0.907. The molecule has 1 aliphatic carbocycles. The Hall–Kier alpha value is -1.10. The van der Waals surface area contributed by atoms with E-state index >= 15 is 0 Å². The molecule has 0 N–H and O–H groups in total. The molecule has 4 nitrogen and oxygen atoms in total. The number of rotatable bonds is 0. The van der Waals surface area contributed by atoms with Gasteiger partial charge < -0.3 is 0 Å². The Bertz CT molecular complexity index is 149. The Morgan fingerprint density at radius 1 is 0.929 bits per heavy atom. The number of allylic oxidation sites excluding steroid dienone is 4. The fraction of sp³-hybridized carbons (Fsp3) is 0.111. The fourth-order valence-electron chi connectivity index (χ4n) is 0.436. The normalized spacial score (nSPS) is 9.00. The summed E-state index contributed by atoms with van der Waals surface area (Å²) >= 11 is 1.82. The number of hydrogen-bond donors (Lipinski definition) is 0. The predicted octanol–water partition coefficient (Wildman–Crippen LogP) is -0.211. The minimum absolute atomic E-state index is 1.19. The molecule has 70 valence electrons. The van der Waals surface area contributed by atoms with Crippen LogP contribution in [-0.2, 0) is 40.2 Å². The van der Waals surface area contributed by atoms with E-state index in [0.29, 0.717) is 0 Å². The van der Waals surface area contributed by atoms with Gasteiger partial charge in [-0.1, -0.05) is 0 Å². The summed E-state index contributed by atoms with van der Waals surface area (Å²) in [5.74, 6) is 0. The molecule has 1 aliphatic rings. The second-order valence-electron chi connectivity index (χ2n) is 1.29. The van der Waals surface area contributed by atoms with Crippen molar-refractivity contribution in [3.05, 3.63) is 22.0 Å². The van der Waals surface area contributed by atoms with Gasteiger partial charge in [-0.2, -0.15) is 0 Å². The van der Waals surface area contributed by atoms with Crippen LogP contribution in [0.15, 0.2) is 22.0 Å². The third-order valence-electron chi connectivity index (χ3n) is 0.752. The van der Waals surface area contributed by atoms with Gasteiger partial charge in [0.15, 0.2) is 0 Å². The molecule has 0 amide bonds. The average Bonchev–Trinajstić information content (AvgIpc) is 2.80. The van der Waals surface area contributed by atoms with Gasteiger partial charge in [-0.3, -0.25) is 19.2 Å². The first-order valence-corrected chi connectivity index (χ1v) is 3.86. The first-order chi connectivity index (χ1) is 6.89. The van der Waals surface area contributed by atoms with Gasteiger partial charge in [0.2, 0.25) is 0 Å². The average molecular weight is 270 g/mol. The zero-order valence-corrected chi connectivity index (χ0v) is 9.22. The first kappa shape index (κ1) is 23.1. The van der Waals surface area contributed by atoms with Crippen molar-refractivity contribution < 1.29 is 40.2 Å². The van der Waals surface area contributed by atoms with Gasteiger partial charge in [-0.05, 0) is 0 Å². The van der Waals surface area contributed by atoms with E-state index in [9.17, 15) is 0 Å². The Balaban J connectivity index is -0.0000000542. The molecule has 0 spiro atoms. The summed E-state index contributed by atoms with van der Waals surface area (Å²) in [6.45, 7) is 18.0. The van der Waals surface area contributed by atoms with Crippen molar-refractivity contribution in [1.29, 1.82) is 0 Å². The van der Waals surface area contributed by atoms with Crippen LogP contribution in [-0.4, -0.2) is 27.2 Å². The van der Waals surface area contributed by atoms with Crippen molar-refractivity contribution in [2.75, 3.05) is 0 Å². The third kappa shape index (κ3) is 30.7. The van der Waals surface area contributed by atoms with E-state index in [4.69, 9.17) is 19.2 Å².